The molecule has 1 radical (unpaired) electrons. The Morgan fingerprint density at radius 1 is 1.11 bits per heavy atom. The summed E-state index contributed by atoms with van der Waals surface area (Å²) >= 11 is 5.91. The second-order valence-corrected chi connectivity index (χ2v) is 6.09. The molecule has 2 rings (SSSR count). The normalized spacial score (nSPS) is 11.2. The van der Waals surface area contributed by atoms with Crippen molar-refractivity contribution in [2.24, 2.45) is 0 Å². The summed E-state index contributed by atoms with van der Waals surface area (Å²) < 4.78 is 28.3. The molecule has 3 nitrogen and oxygen atoms in total. The summed E-state index contributed by atoms with van der Waals surface area (Å²) in [6.07, 6.45) is 1.11. The summed E-state index contributed by atoms with van der Waals surface area (Å²) in [5.41, 5.74) is 0. The number of ether oxygens (including phenoxy) is 1. The molecule has 0 N–H and O–H groups in total. The van der Waals surface area contributed by atoms with Crippen molar-refractivity contribution in [3.63, 3.8) is 0 Å². The lowest BCUT2D eigenvalue weighted by Gasteiger charge is -2.07. The molecule has 2 aromatic rings. The number of rotatable bonds is 3. The standard InChI is InChI=1S/C13H10ClO3S/c1-18(15,16)13-8-7-11(9-12(13)14)17-10-5-3-2-4-6-10/h3-9H,1H3. The van der Waals surface area contributed by atoms with Gasteiger partial charge in [-0.2, -0.15) is 0 Å². The van der Waals surface area contributed by atoms with Crippen LogP contribution in [0.2, 0.25) is 5.02 Å². The van der Waals surface area contributed by atoms with E-state index in [1.54, 1.807) is 30.3 Å². The van der Waals surface area contributed by atoms with Crippen LogP contribution in [0.25, 0.3) is 0 Å². The van der Waals surface area contributed by atoms with Crippen molar-refractivity contribution >= 4 is 21.4 Å². The largest absolute Gasteiger partial charge is 0.457 e. The van der Waals surface area contributed by atoms with Gasteiger partial charge in [0.05, 0.1) is 9.92 Å². The Balaban J connectivity index is 2.30. The van der Waals surface area contributed by atoms with Crippen LogP contribution >= 0.6 is 11.6 Å². The molecule has 0 aromatic heterocycles. The van der Waals surface area contributed by atoms with Crippen molar-refractivity contribution in [1.82, 2.24) is 0 Å². The van der Waals surface area contributed by atoms with Gasteiger partial charge in [-0.1, -0.05) is 23.7 Å². The van der Waals surface area contributed by atoms with Crippen molar-refractivity contribution < 1.29 is 13.2 Å². The third kappa shape index (κ3) is 3.03. The average Bonchev–Trinajstić information content (AvgIpc) is 2.28. The number of hydrogen-bond acceptors (Lipinski definition) is 3. The lowest BCUT2D eigenvalue weighted by molar-refractivity contribution is 0.482. The van der Waals surface area contributed by atoms with Gasteiger partial charge in [-0.25, -0.2) is 8.42 Å². The van der Waals surface area contributed by atoms with E-state index in [9.17, 15) is 8.42 Å². The predicted molar refractivity (Wildman–Crippen MR) is 69.9 cm³/mol. The third-order valence-corrected chi connectivity index (χ3v) is 3.81. The minimum absolute atomic E-state index is 0.0953. The van der Waals surface area contributed by atoms with Gasteiger partial charge in [-0.05, 0) is 30.3 Å². The highest BCUT2D eigenvalue weighted by atomic mass is 35.5. The zero-order valence-electron chi connectivity index (χ0n) is 9.55. The van der Waals surface area contributed by atoms with Gasteiger partial charge in [0.2, 0.25) is 0 Å². The fraction of sp³-hybridized carbons (Fsp3) is 0.0769. The van der Waals surface area contributed by atoms with Gasteiger partial charge in [0.15, 0.2) is 9.84 Å². The SMILES string of the molecule is CS(=O)(=O)c1ccc(Oc2cc[c]cc2)cc1Cl. The van der Waals surface area contributed by atoms with Gasteiger partial charge in [-0.3, -0.25) is 0 Å². The van der Waals surface area contributed by atoms with E-state index in [1.807, 2.05) is 0 Å². The maximum Gasteiger partial charge on any atom is 0.176 e. The molecule has 0 spiro atoms. The zero-order valence-corrected chi connectivity index (χ0v) is 11.1. The molecular weight excluding hydrogens is 272 g/mol. The molecule has 0 heterocycles. The van der Waals surface area contributed by atoms with Crippen LogP contribution in [0.4, 0.5) is 0 Å². The molecule has 18 heavy (non-hydrogen) atoms. The van der Waals surface area contributed by atoms with Crippen LogP contribution in [0.5, 0.6) is 11.5 Å². The van der Waals surface area contributed by atoms with Crippen molar-refractivity contribution in [1.29, 1.82) is 0 Å². The van der Waals surface area contributed by atoms with Gasteiger partial charge in [-0.15, -0.1) is 0 Å². The molecule has 0 atom stereocenters. The van der Waals surface area contributed by atoms with E-state index in [0.717, 1.165) is 6.26 Å². The summed E-state index contributed by atoms with van der Waals surface area (Å²) in [6.45, 7) is 0. The topological polar surface area (TPSA) is 43.4 Å². The molecule has 0 aliphatic heterocycles. The summed E-state index contributed by atoms with van der Waals surface area (Å²) in [5, 5.41) is 0.150. The van der Waals surface area contributed by atoms with E-state index in [4.69, 9.17) is 16.3 Å². The molecule has 0 fully saturated rings. The van der Waals surface area contributed by atoms with Crippen molar-refractivity contribution in [3.05, 3.63) is 53.6 Å². The highest BCUT2D eigenvalue weighted by Crippen LogP contribution is 2.28. The van der Waals surface area contributed by atoms with E-state index in [1.165, 1.54) is 12.1 Å². The van der Waals surface area contributed by atoms with Gasteiger partial charge in [0.1, 0.15) is 11.5 Å². The highest BCUT2D eigenvalue weighted by molar-refractivity contribution is 7.90. The Hall–Kier alpha value is -1.52. The molecule has 0 saturated carbocycles. The summed E-state index contributed by atoms with van der Waals surface area (Å²) in [7, 11) is -3.32. The Kier molecular flexibility index (Phi) is 3.59. The van der Waals surface area contributed by atoms with Crippen LogP contribution in [0.15, 0.2) is 47.4 Å². The first-order valence-electron chi connectivity index (χ1n) is 5.10. The van der Waals surface area contributed by atoms with E-state index in [-0.39, 0.29) is 9.92 Å². The second-order valence-electron chi connectivity index (χ2n) is 3.70. The van der Waals surface area contributed by atoms with Gasteiger partial charge in [0.25, 0.3) is 0 Å². The van der Waals surface area contributed by atoms with Crippen LogP contribution in [0, 0.1) is 6.07 Å². The molecular formula is C13H10ClO3S. The first kappa shape index (κ1) is 12.9. The lowest BCUT2D eigenvalue weighted by atomic mass is 10.3. The maximum absolute atomic E-state index is 11.4. The van der Waals surface area contributed by atoms with Crippen molar-refractivity contribution in [2.75, 3.05) is 6.26 Å². The van der Waals surface area contributed by atoms with Crippen LogP contribution in [0.3, 0.4) is 0 Å². The lowest BCUT2D eigenvalue weighted by Crippen LogP contribution is -1.98. The first-order valence-corrected chi connectivity index (χ1v) is 7.37. The summed E-state index contributed by atoms with van der Waals surface area (Å²) in [6, 6.07) is 14.3. The van der Waals surface area contributed by atoms with Crippen LogP contribution < -0.4 is 4.74 Å². The van der Waals surface area contributed by atoms with E-state index in [2.05, 4.69) is 6.07 Å². The summed E-state index contributed by atoms with van der Waals surface area (Å²) in [4.78, 5) is 0.0953. The fourth-order valence-corrected chi connectivity index (χ4v) is 2.74. The molecule has 0 aliphatic carbocycles. The smallest absolute Gasteiger partial charge is 0.176 e. The molecule has 0 saturated heterocycles. The third-order valence-electron chi connectivity index (χ3n) is 2.23. The number of hydrogen-bond donors (Lipinski definition) is 0. The summed E-state index contributed by atoms with van der Waals surface area (Å²) in [5.74, 6) is 1.12. The van der Waals surface area contributed by atoms with Crippen LogP contribution in [0.1, 0.15) is 0 Å². The molecule has 93 valence electrons. The monoisotopic (exact) mass is 281 g/mol. The van der Waals surface area contributed by atoms with Gasteiger partial charge in [0, 0.05) is 12.3 Å². The number of sulfone groups is 1. The Morgan fingerprint density at radius 3 is 2.33 bits per heavy atom. The maximum atomic E-state index is 11.4. The zero-order chi connectivity index (χ0) is 13.2. The predicted octanol–water partition coefficient (Wildman–Crippen LogP) is 3.34. The molecule has 0 aliphatic rings. The number of halogens is 1. The van der Waals surface area contributed by atoms with Crippen molar-refractivity contribution in [3.8, 4) is 11.5 Å². The van der Waals surface area contributed by atoms with Crippen LogP contribution in [-0.4, -0.2) is 14.7 Å². The van der Waals surface area contributed by atoms with Gasteiger partial charge >= 0.3 is 0 Å². The van der Waals surface area contributed by atoms with E-state index < -0.39 is 9.84 Å². The number of benzene rings is 2. The van der Waals surface area contributed by atoms with E-state index in [0.29, 0.717) is 11.5 Å². The van der Waals surface area contributed by atoms with Gasteiger partial charge < -0.3 is 4.74 Å². The average molecular weight is 282 g/mol. The second kappa shape index (κ2) is 5.00. The Morgan fingerprint density at radius 2 is 1.78 bits per heavy atom. The Bertz CT molecular complexity index is 651. The first-order chi connectivity index (χ1) is 8.47. The molecule has 0 amide bonds. The molecule has 5 heteroatoms. The molecule has 0 unspecified atom stereocenters. The highest BCUT2D eigenvalue weighted by Gasteiger charge is 2.12. The quantitative estimate of drug-likeness (QED) is 0.867. The van der Waals surface area contributed by atoms with Crippen LogP contribution in [-0.2, 0) is 9.84 Å². The fourth-order valence-electron chi connectivity index (χ4n) is 1.42. The van der Waals surface area contributed by atoms with Crippen molar-refractivity contribution in [2.45, 2.75) is 4.90 Å². The minimum Gasteiger partial charge on any atom is -0.457 e. The Labute approximate surface area is 111 Å². The molecule has 2 aromatic carbocycles. The molecule has 0 bridgehead atoms. The van der Waals surface area contributed by atoms with E-state index >= 15 is 0 Å². The minimum atomic E-state index is -3.32.